The fraction of sp³-hybridized carbons (Fsp3) is 0.294. The average Bonchev–Trinajstić information content (AvgIpc) is 2.48. The fourth-order valence-electron chi connectivity index (χ4n) is 2.14. The van der Waals surface area contributed by atoms with Crippen LogP contribution in [0.15, 0.2) is 48.5 Å². The first-order valence-corrected chi connectivity index (χ1v) is 6.61. The number of benzene rings is 2. The van der Waals surface area contributed by atoms with E-state index >= 15 is 0 Å². The molecule has 2 aromatic carbocycles. The molecule has 0 aliphatic carbocycles. The summed E-state index contributed by atoms with van der Waals surface area (Å²) in [5.74, 6) is 0.810. The van der Waals surface area contributed by atoms with E-state index in [9.17, 15) is 5.11 Å². The Bertz CT molecular complexity index is 534. The fourth-order valence-corrected chi connectivity index (χ4v) is 2.14. The maximum absolute atomic E-state index is 10.3. The van der Waals surface area contributed by atoms with Gasteiger partial charge in [0.15, 0.2) is 0 Å². The molecule has 106 valence electrons. The summed E-state index contributed by atoms with van der Waals surface area (Å²) in [5, 5.41) is 10.3. The van der Waals surface area contributed by atoms with Gasteiger partial charge in [-0.05, 0) is 28.8 Å². The molecule has 0 aromatic heterocycles. The molecule has 3 heteroatoms. The van der Waals surface area contributed by atoms with Crippen LogP contribution in [-0.4, -0.2) is 19.3 Å². The second kappa shape index (κ2) is 7.08. The first-order chi connectivity index (χ1) is 9.72. The minimum Gasteiger partial charge on any atom is -0.497 e. The molecule has 2 rings (SSSR count). The van der Waals surface area contributed by atoms with Crippen LogP contribution in [0.4, 0.5) is 0 Å². The molecule has 0 aliphatic heterocycles. The van der Waals surface area contributed by atoms with E-state index in [4.69, 9.17) is 9.47 Å². The third-order valence-corrected chi connectivity index (χ3v) is 3.24. The summed E-state index contributed by atoms with van der Waals surface area (Å²) >= 11 is 0. The predicted octanol–water partition coefficient (Wildman–Crippen LogP) is 3.12. The van der Waals surface area contributed by atoms with Crippen LogP contribution in [0.2, 0.25) is 0 Å². The number of hydrogen-bond acceptors (Lipinski definition) is 3. The Morgan fingerprint density at radius 1 is 1.00 bits per heavy atom. The quantitative estimate of drug-likeness (QED) is 0.878. The Kier molecular flexibility index (Phi) is 5.16. The number of aliphatic hydroxyl groups excluding tert-OH is 1. The second-order valence-electron chi connectivity index (χ2n) is 4.75. The van der Waals surface area contributed by atoms with Crippen LogP contribution in [0.3, 0.4) is 0 Å². The number of rotatable bonds is 6. The summed E-state index contributed by atoms with van der Waals surface area (Å²) in [6.45, 7) is 0.590. The molecule has 1 atom stereocenters. The number of ether oxygens (including phenoxy) is 2. The van der Waals surface area contributed by atoms with Gasteiger partial charge in [-0.25, -0.2) is 0 Å². The summed E-state index contributed by atoms with van der Waals surface area (Å²) < 4.78 is 10.3. The van der Waals surface area contributed by atoms with Crippen molar-refractivity contribution in [2.24, 2.45) is 0 Å². The molecule has 0 heterocycles. The normalized spacial score (nSPS) is 12.2. The van der Waals surface area contributed by atoms with Crippen molar-refractivity contribution in [3.05, 3.63) is 65.2 Å². The lowest BCUT2D eigenvalue weighted by Gasteiger charge is -2.12. The van der Waals surface area contributed by atoms with Crippen molar-refractivity contribution >= 4 is 0 Å². The Labute approximate surface area is 119 Å². The van der Waals surface area contributed by atoms with Gasteiger partial charge in [-0.2, -0.15) is 0 Å². The van der Waals surface area contributed by atoms with Crippen LogP contribution >= 0.6 is 0 Å². The largest absolute Gasteiger partial charge is 0.497 e. The summed E-state index contributed by atoms with van der Waals surface area (Å²) in [6.07, 6.45) is 0.0552. The molecule has 0 radical (unpaired) electrons. The van der Waals surface area contributed by atoms with E-state index in [-0.39, 0.29) is 0 Å². The highest BCUT2D eigenvalue weighted by Gasteiger charge is 2.09. The highest BCUT2D eigenvalue weighted by Crippen LogP contribution is 2.21. The zero-order valence-electron chi connectivity index (χ0n) is 11.9. The van der Waals surface area contributed by atoms with E-state index in [2.05, 4.69) is 0 Å². The van der Waals surface area contributed by atoms with E-state index in [0.717, 1.165) is 22.4 Å². The Balaban J connectivity index is 2.05. The van der Waals surface area contributed by atoms with Crippen LogP contribution < -0.4 is 4.74 Å². The maximum Gasteiger partial charge on any atom is 0.119 e. The van der Waals surface area contributed by atoms with E-state index in [1.54, 1.807) is 14.2 Å². The Morgan fingerprint density at radius 3 is 2.40 bits per heavy atom. The smallest absolute Gasteiger partial charge is 0.119 e. The maximum atomic E-state index is 10.3. The topological polar surface area (TPSA) is 38.7 Å². The van der Waals surface area contributed by atoms with Crippen molar-refractivity contribution in [1.82, 2.24) is 0 Å². The molecule has 0 saturated heterocycles. The minimum atomic E-state index is -0.515. The van der Waals surface area contributed by atoms with Crippen molar-refractivity contribution in [3.8, 4) is 5.75 Å². The number of hydrogen-bond donors (Lipinski definition) is 1. The van der Waals surface area contributed by atoms with Gasteiger partial charge in [0.25, 0.3) is 0 Å². The molecule has 0 saturated carbocycles. The van der Waals surface area contributed by atoms with Crippen molar-refractivity contribution in [3.63, 3.8) is 0 Å². The predicted molar refractivity (Wildman–Crippen MR) is 78.8 cm³/mol. The highest BCUT2D eigenvalue weighted by molar-refractivity contribution is 5.31. The third-order valence-electron chi connectivity index (χ3n) is 3.24. The van der Waals surface area contributed by atoms with Gasteiger partial charge in [0, 0.05) is 13.5 Å². The molecule has 0 aliphatic rings. The second-order valence-corrected chi connectivity index (χ2v) is 4.75. The average molecular weight is 272 g/mol. The monoisotopic (exact) mass is 272 g/mol. The van der Waals surface area contributed by atoms with Crippen molar-refractivity contribution in [1.29, 1.82) is 0 Å². The lowest BCUT2D eigenvalue weighted by Crippen LogP contribution is -2.02. The zero-order chi connectivity index (χ0) is 14.4. The van der Waals surface area contributed by atoms with E-state index in [1.165, 1.54) is 0 Å². The summed E-state index contributed by atoms with van der Waals surface area (Å²) in [5.41, 5.74) is 3.07. The molecule has 0 amide bonds. The standard InChI is InChI=1S/C17H20O3/c1-19-12-13-6-8-15(9-7-13)17(18)11-14-4-3-5-16(10-14)20-2/h3-10,17-18H,11-12H2,1-2H3. The number of methoxy groups -OCH3 is 2. The molecular weight excluding hydrogens is 252 g/mol. The minimum absolute atomic E-state index is 0.515. The Hall–Kier alpha value is -1.84. The van der Waals surface area contributed by atoms with E-state index in [1.807, 2.05) is 48.5 Å². The van der Waals surface area contributed by atoms with Crippen LogP contribution in [0, 0.1) is 0 Å². The molecule has 1 unspecified atom stereocenters. The summed E-state index contributed by atoms with van der Waals surface area (Å²) in [6, 6.07) is 15.6. The molecule has 20 heavy (non-hydrogen) atoms. The first kappa shape index (κ1) is 14.6. The lowest BCUT2D eigenvalue weighted by molar-refractivity contribution is 0.177. The molecule has 0 spiro atoms. The van der Waals surface area contributed by atoms with Crippen molar-refractivity contribution < 1.29 is 14.6 Å². The van der Waals surface area contributed by atoms with Gasteiger partial charge in [0.1, 0.15) is 5.75 Å². The van der Waals surface area contributed by atoms with Gasteiger partial charge in [-0.1, -0.05) is 36.4 Å². The molecule has 2 aromatic rings. The van der Waals surface area contributed by atoms with Gasteiger partial charge in [-0.15, -0.1) is 0 Å². The van der Waals surface area contributed by atoms with Gasteiger partial charge in [0.05, 0.1) is 19.8 Å². The van der Waals surface area contributed by atoms with Crippen molar-refractivity contribution in [2.75, 3.05) is 14.2 Å². The van der Waals surface area contributed by atoms with Gasteiger partial charge < -0.3 is 14.6 Å². The van der Waals surface area contributed by atoms with E-state index < -0.39 is 6.10 Å². The molecular formula is C17H20O3. The van der Waals surface area contributed by atoms with E-state index in [0.29, 0.717) is 13.0 Å². The molecule has 3 nitrogen and oxygen atoms in total. The zero-order valence-corrected chi connectivity index (χ0v) is 11.9. The van der Waals surface area contributed by atoms with Gasteiger partial charge in [0.2, 0.25) is 0 Å². The summed E-state index contributed by atoms with van der Waals surface area (Å²) in [4.78, 5) is 0. The molecule has 0 fully saturated rings. The summed E-state index contributed by atoms with van der Waals surface area (Å²) in [7, 11) is 3.32. The Morgan fingerprint density at radius 2 is 1.75 bits per heavy atom. The van der Waals surface area contributed by atoms with Crippen molar-refractivity contribution in [2.45, 2.75) is 19.1 Å². The molecule has 0 bridgehead atoms. The number of aliphatic hydroxyl groups is 1. The van der Waals surface area contributed by atoms with Crippen LogP contribution in [0.1, 0.15) is 22.8 Å². The van der Waals surface area contributed by atoms with Gasteiger partial charge >= 0.3 is 0 Å². The van der Waals surface area contributed by atoms with Crippen LogP contribution in [0.5, 0.6) is 5.75 Å². The third kappa shape index (κ3) is 3.83. The highest BCUT2D eigenvalue weighted by atomic mass is 16.5. The van der Waals surface area contributed by atoms with Crippen LogP contribution in [0.25, 0.3) is 0 Å². The first-order valence-electron chi connectivity index (χ1n) is 6.61. The molecule has 1 N–H and O–H groups in total. The SMILES string of the molecule is COCc1ccc(C(O)Cc2cccc(OC)c2)cc1. The van der Waals surface area contributed by atoms with Gasteiger partial charge in [-0.3, -0.25) is 0 Å². The lowest BCUT2D eigenvalue weighted by atomic mass is 10.0. The van der Waals surface area contributed by atoms with Crippen LogP contribution in [-0.2, 0) is 17.8 Å².